The Morgan fingerprint density at radius 3 is 2.72 bits per heavy atom. The molecule has 8 heteroatoms. The smallest absolute Gasteiger partial charge is 0.277 e. The molecule has 4 aromatic rings. The van der Waals surface area contributed by atoms with Crippen LogP contribution in [0.5, 0.6) is 5.75 Å². The second-order valence-corrected chi connectivity index (χ2v) is 7.76. The van der Waals surface area contributed by atoms with E-state index >= 15 is 0 Å². The summed E-state index contributed by atoms with van der Waals surface area (Å²) in [5.41, 5.74) is 1.53. The summed E-state index contributed by atoms with van der Waals surface area (Å²) < 4.78 is 24.9. The van der Waals surface area contributed by atoms with Gasteiger partial charge in [0, 0.05) is 22.7 Å². The third-order valence-electron chi connectivity index (χ3n) is 4.41. The number of carbonyl (C=O) groups excluding carboxylic acids is 1. The van der Waals surface area contributed by atoms with E-state index in [4.69, 9.17) is 9.15 Å². The number of rotatable bonds is 7. The maximum atomic E-state index is 13.7. The van der Waals surface area contributed by atoms with Crippen LogP contribution in [0.15, 0.2) is 64.4 Å². The summed E-state index contributed by atoms with van der Waals surface area (Å²) in [6, 6.07) is 13.7. The summed E-state index contributed by atoms with van der Waals surface area (Å²) in [5.74, 6) is -0.188. The van der Waals surface area contributed by atoms with E-state index in [9.17, 15) is 9.18 Å². The lowest BCUT2D eigenvalue weighted by Crippen LogP contribution is -2.13. The normalized spacial score (nSPS) is 13.3. The van der Waals surface area contributed by atoms with Crippen LogP contribution in [0, 0.1) is 5.82 Å². The number of fused-ring (bicyclic) bond motifs is 1. The van der Waals surface area contributed by atoms with Crippen molar-refractivity contribution in [2.45, 2.75) is 30.4 Å². The first kappa shape index (κ1) is 19.2. The maximum Gasteiger partial charge on any atom is 0.277 e. The number of Topliss-reactive ketones (excluding diaryl/α,β-unsaturated/α-hetero) is 1. The zero-order valence-electron chi connectivity index (χ0n) is 15.8. The van der Waals surface area contributed by atoms with E-state index in [1.807, 2.05) is 24.3 Å². The van der Waals surface area contributed by atoms with Crippen LogP contribution in [-0.4, -0.2) is 26.2 Å². The maximum absolute atomic E-state index is 13.7. The minimum Gasteiger partial charge on any atom is -0.478 e. The van der Waals surface area contributed by atoms with Crippen molar-refractivity contribution >= 4 is 28.4 Å². The van der Waals surface area contributed by atoms with Crippen molar-refractivity contribution < 1.29 is 18.3 Å². The first-order valence-electron chi connectivity index (χ1n) is 9.04. The third kappa shape index (κ3) is 4.02. The van der Waals surface area contributed by atoms with E-state index < -0.39 is 17.2 Å². The summed E-state index contributed by atoms with van der Waals surface area (Å²) in [6.45, 7) is 3.48. The zero-order chi connectivity index (χ0) is 20.4. The molecule has 2 aromatic carbocycles. The van der Waals surface area contributed by atoms with Crippen LogP contribution in [0.1, 0.15) is 36.2 Å². The number of ether oxygens (including phenoxy) is 1. The van der Waals surface area contributed by atoms with Crippen LogP contribution >= 0.6 is 11.8 Å². The predicted octanol–water partition coefficient (Wildman–Crippen LogP) is 5.19. The summed E-state index contributed by atoms with van der Waals surface area (Å²) in [7, 11) is 0. The molecule has 1 N–H and O–H groups in total. The number of para-hydroxylation sites is 2. The summed E-state index contributed by atoms with van der Waals surface area (Å²) >= 11 is 1.17. The Balaban J connectivity index is 1.44. The molecule has 0 radical (unpaired) electrons. The van der Waals surface area contributed by atoms with Crippen LogP contribution in [-0.2, 0) is 0 Å². The molecule has 2 heterocycles. The third-order valence-corrected chi connectivity index (χ3v) is 5.35. The van der Waals surface area contributed by atoms with Gasteiger partial charge in [-0.3, -0.25) is 4.79 Å². The van der Waals surface area contributed by atoms with Gasteiger partial charge in [0.25, 0.3) is 11.1 Å². The molecule has 0 saturated carbocycles. The number of hydrogen-bond donors (Lipinski definition) is 1. The van der Waals surface area contributed by atoms with E-state index in [0.717, 1.165) is 10.9 Å². The number of nitrogens with one attached hydrogen (secondary N) is 1. The number of aromatic nitrogens is 3. The number of hydrogen-bond acceptors (Lipinski definition) is 6. The Morgan fingerprint density at radius 2 is 1.90 bits per heavy atom. The molecule has 29 heavy (non-hydrogen) atoms. The molecule has 0 spiro atoms. The van der Waals surface area contributed by atoms with Gasteiger partial charge in [0.05, 0.1) is 5.25 Å². The Morgan fingerprint density at radius 1 is 1.14 bits per heavy atom. The number of aromatic amines is 1. The highest BCUT2D eigenvalue weighted by Gasteiger charge is 2.23. The second kappa shape index (κ2) is 8.08. The van der Waals surface area contributed by atoms with Crippen molar-refractivity contribution in [1.29, 1.82) is 0 Å². The Labute approximate surface area is 170 Å². The monoisotopic (exact) mass is 411 g/mol. The van der Waals surface area contributed by atoms with Gasteiger partial charge in [-0.15, -0.1) is 10.2 Å². The molecule has 4 rings (SSSR count). The fraction of sp³-hybridized carbons (Fsp3) is 0.190. The number of thioether (sulfide) groups is 1. The van der Waals surface area contributed by atoms with Crippen LogP contribution in [0.4, 0.5) is 4.39 Å². The van der Waals surface area contributed by atoms with Gasteiger partial charge in [-0.05, 0) is 32.0 Å². The van der Waals surface area contributed by atoms with Gasteiger partial charge in [0.15, 0.2) is 23.5 Å². The summed E-state index contributed by atoms with van der Waals surface area (Å²) in [4.78, 5) is 16.0. The number of H-pyrrole nitrogens is 1. The number of carbonyl (C=O) groups is 1. The quantitative estimate of drug-likeness (QED) is 0.333. The highest BCUT2D eigenvalue weighted by molar-refractivity contribution is 8.00. The minimum atomic E-state index is -0.631. The molecule has 2 atom stereocenters. The van der Waals surface area contributed by atoms with Gasteiger partial charge < -0.3 is 14.1 Å². The van der Waals surface area contributed by atoms with E-state index in [1.54, 1.807) is 32.2 Å². The Bertz CT molecular complexity index is 1160. The molecule has 0 amide bonds. The van der Waals surface area contributed by atoms with Gasteiger partial charge >= 0.3 is 0 Å². The van der Waals surface area contributed by atoms with Crippen molar-refractivity contribution in [2.24, 2.45) is 0 Å². The average molecular weight is 411 g/mol. The molecule has 2 aromatic heterocycles. The van der Waals surface area contributed by atoms with Crippen LogP contribution in [0.2, 0.25) is 0 Å². The highest BCUT2D eigenvalue weighted by atomic mass is 32.2. The Kier molecular flexibility index (Phi) is 5.35. The first-order valence-corrected chi connectivity index (χ1v) is 9.92. The van der Waals surface area contributed by atoms with Crippen LogP contribution in [0.3, 0.4) is 0 Å². The largest absolute Gasteiger partial charge is 0.478 e. The van der Waals surface area contributed by atoms with Crippen molar-refractivity contribution in [3.05, 3.63) is 72.0 Å². The van der Waals surface area contributed by atoms with E-state index in [0.29, 0.717) is 5.56 Å². The van der Waals surface area contributed by atoms with Crippen molar-refractivity contribution in [1.82, 2.24) is 15.2 Å². The fourth-order valence-corrected chi connectivity index (χ4v) is 3.67. The standard InChI is InChI=1S/C21H18FN3O3S/c1-12(27-18-10-6-4-8-16(18)22)20-24-25-21(28-20)29-13(2)19(26)15-11-23-17-9-5-3-7-14(15)17/h3-13,23H,1-2H3/t12-,13-/m0/s1. The lowest BCUT2D eigenvalue weighted by molar-refractivity contribution is 0.0995. The van der Waals surface area contributed by atoms with Gasteiger partial charge in [-0.1, -0.05) is 42.1 Å². The summed E-state index contributed by atoms with van der Waals surface area (Å²) in [5, 5.41) is 8.65. The molecule has 148 valence electrons. The van der Waals surface area contributed by atoms with Crippen molar-refractivity contribution in [3.8, 4) is 5.75 Å². The molecule has 0 aliphatic carbocycles. The molecule has 0 aliphatic heterocycles. The van der Waals surface area contributed by atoms with Gasteiger partial charge in [-0.2, -0.15) is 0 Å². The molecule has 0 aliphatic rings. The molecule has 0 saturated heterocycles. The topological polar surface area (TPSA) is 81.0 Å². The van der Waals surface area contributed by atoms with E-state index in [1.165, 1.54) is 23.9 Å². The molecule has 6 nitrogen and oxygen atoms in total. The molecule has 0 unspecified atom stereocenters. The lowest BCUT2D eigenvalue weighted by Gasteiger charge is -2.11. The SMILES string of the molecule is C[C@H](Sc1nnc([C@H](C)Oc2ccccc2F)o1)C(=O)c1c[nH]c2ccccc12. The average Bonchev–Trinajstić information content (AvgIpc) is 3.36. The predicted molar refractivity (Wildman–Crippen MR) is 108 cm³/mol. The van der Waals surface area contributed by atoms with Gasteiger partial charge in [-0.25, -0.2) is 4.39 Å². The molecule has 0 bridgehead atoms. The van der Waals surface area contributed by atoms with Gasteiger partial charge in [0.1, 0.15) is 0 Å². The molecular formula is C21H18FN3O3S. The van der Waals surface area contributed by atoms with Crippen molar-refractivity contribution in [2.75, 3.05) is 0 Å². The summed E-state index contributed by atoms with van der Waals surface area (Å²) in [6.07, 6.45) is 1.08. The molecule has 0 fully saturated rings. The van der Waals surface area contributed by atoms with E-state index in [2.05, 4.69) is 15.2 Å². The van der Waals surface area contributed by atoms with Crippen molar-refractivity contribution in [3.63, 3.8) is 0 Å². The Hall–Kier alpha value is -3.13. The van der Waals surface area contributed by atoms with Gasteiger partial charge in [0.2, 0.25) is 0 Å². The number of benzene rings is 2. The lowest BCUT2D eigenvalue weighted by atomic mass is 10.1. The highest BCUT2D eigenvalue weighted by Crippen LogP contribution is 2.30. The molecular weight excluding hydrogens is 393 g/mol. The van der Waals surface area contributed by atoms with E-state index in [-0.39, 0.29) is 22.6 Å². The number of ketones is 1. The van der Waals surface area contributed by atoms with Crippen LogP contribution in [0.25, 0.3) is 10.9 Å². The fourth-order valence-electron chi connectivity index (χ4n) is 2.91. The number of nitrogens with zero attached hydrogens (tertiary/aromatic N) is 2. The van der Waals surface area contributed by atoms with Crippen LogP contribution < -0.4 is 4.74 Å². The zero-order valence-corrected chi connectivity index (χ0v) is 16.6. The first-order chi connectivity index (χ1) is 14.0. The minimum absolute atomic E-state index is 0.0390. The number of halogens is 1. The second-order valence-electron chi connectivity index (χ2n) is 6.47.